The Morgan fingerprint density at radius 2 is 1.67 bits per heavy atom. The molecular weight excluding hydrogens is 304 g/mol. The summed E-state index contributed by atoms with van der Waals surface area (Å²) in [4.78, 5) is 15.6. The van der Waals surface area contributed by atoms with Crippen molar-refractivity contribution in [2.24, 2.45) is 0 Å². The Hall–Kier alpha value is -2.89. The molecule has 0 N–H and O–H groups in total. The van der Waals surface area contributed by atoms with Gasteiger partial charge < -0.3 is 14.4 Å². The minimum absolute atomic E-state index is 0.648. The highest BCUT2D eigenvalue weighted by molar-refractivity contribution is 5.94. The molecule has 24 heavy (non-hydrogen) atoms. The largest absolute Gasteiger partial charge is 0.493 e. The predicted octanol–water partition coefficient (Wildman–Crippen LogP) is 3.08. The van der Waals surface area contributed by atoms with Crippen molar-refractivity contribution < 1.29 is 9.47 Å². The van der Waals surface area contributed by atoms with Crippen LogP contribution in [-0.2, 0) is 0 Å². The maximum absolute atomic E-state index is 5.41. The van der Waals surface area contributed by atoms with E-state index in [0.717, 1.165) is 28.0 Å². The summed E-state index contributed by atoms with van der Waals surface area (Å²) >= 11 is 0. The molecule has 0 atom stereocenters. The van der Waals surface area contributed by atoms with E-state index in [9.17, 15) is 0 Å². The summed E-state index contributed by atoms with van der Waals surface area (Å²) in [6, 6.07) is 7.76. The Labute approximate surface area is 141 Å². The van der Waals surface area contributed by atoms with E-state index in [1.807, 2.05) is 56.4 Å². The second-order valence-corrected chi connectivity index (χ2v) is 5.64. The van der Waals surface area contributed by atoms with Gasteiger partial charge in [-0.1, -0.05) is 0 Å². The van der Waals surface area contributed by atoms with Gasteiger partial charge in [-0.3, -0.25) is 0 Å². The second-order valence-electron chi connectivity index (χ2n) is 5.64. The molecule has 0 aliphatic carbocycles. The average Bonchev–Trinajstić information content (AvgIpc) is 2.59. The van der Waals surface area contributed by atoms with Gasteiger partial charge in [0.25, 0.3) is 0 Å². The van der Waals surface area contributed by atoms with E-state index >= 15 is 0 Å². The van der Waals surface area contributed by atoms with E-state index in [1.165, 1.54) is 0 Å². The van der Waals surface area contributed by atoms with Crippen LogP contribution >= 0.6 is 0 Å². The summed E-state index contributed by atoms with van der Waals surface area (Å²) in [7, 11) is 7.15. The smallest absolute Gasteiger partial charge is 0.162 e. The molecule has 2 aromatic heterocycles. The average molecular weight is 324 g/mol. The number of hydrogen-bond acceptors (Lipinski definition) is 6. The van der Waals surface area contributed by atoms with Crippen LogP contribution in [0.4, 0.5) is 5.82 Å². The summed E-state index contributed by atoms with van der Waals surface area (Å²) in [6.07, 6.45) is 1.83. The zero-order chi connectivity index (χ0) is 17.3. The molecule has 0 aliphatic rings. The number of rotatable bonds is 4. The molecule has 2 heterocycles. The third-order valence-corrected chi connectivity index (χ3v) is 3.79. The molecule has 0 radical (unpaired) electrons. The zero-order valence-corrected chi connectivity index (χ0v) is 14.5. The highest BCUT2D eigenvalue weighted by atomic mass is 16.5. The van der Waals surface area contributed by atoms with Gasteiger partial charge in [0.15, 0.2) is 11.5 Å². The molecule has 0 amide bonds. The van der Waals surface area contributed by atoms with Crippen molar-refractivity contribution in [2.45, 2.75) is 6.92 Å². The number of fused-ring (bicyclic) bond motifs is 1. The van der Waals surface area contributed by atoms with Gasteiger partial charge in [0, 0.05) is 37.3 Å². The molecule has 6 nitrogen and oxygen atoms in total. The molecule has 6 heteroatoms. The van der Waals surface area contributed by atoms with Gasteiger partial charge >= 0.3 is 0 Å². The lowest BCUT2D eigenvalue weighted by Crippen LogP contribution is -2.10. The Balaban J connectivity index is 2.22. The third kappa shape index (κ3) is 2.82. The lowest BCUT2D eigenvalue weighted by molar-refractivity contribution is 0.356. The minimum atomic E-state index is 0.648. The molecule has 1 aromatic carbocycles. The summed E-state index contributed by atoms with van der Waals surface area (Å²) in [5.41, 5.74) is 2.58. The summed E-state index contributed by atoms with van der Waals surface area (Å²) < 4.78 is 10.8. The second kappa shape index (κ2) is 6.31. The quantitative estimate of drug-likeness (QED) is 0.735. The van der Waals surface area contributed by atoms with Crippen LogP contribution in [0.25, 0.3) is 22.2 Å². The standard InChI is InChI=1S/C18H20N4O2/c1-11-20-14-9-16(24-5)15(23-4)8-13(14)18(21-11)12-6-7-17(19-10-12)22(2)3/h6-10H,1-5H3. The van der Waals surface area contributed by atoms with Crippen molar-refractivity contribution in [3.05, 3.63) is 36.3 Å². The van der Waals surface area contributed by atoms with E-state index in [0.29, 0.717) is 17.3 Å². The fourth-order valence-electron chi connectivity index (χ4n) is 2.58. The SMILES string of the molecule is COc1cc2nc(C)nc(-c3ccc(N(C)C)nc3)c2cc1OC. The number of aromatic nitrogens is 3. The molecule has 0 spiro atoms. The normalized spacial score (nSPS) is 10.7. The molecule has 3 rings (SSSR count). The molecule has 3 aromatic rings. The molecule has 0 fully saturated rings. The monoisotopic (exact) mass is 324 g/mol. The topological polar surface area (TPSA) is 60.4 Å². The number of methoxy groups -OCH3 is 2. The Morgan fingerprint density at radius 1 is 0.958 bits per heavy atom. The van der Waals surface area contributed by atoms with Crippen molar-refractivity contribution >= 4 is 16.7 Å². The van der Waals surface area contributed by atoms with Crippen molar-refractivity contribution in [1.29, 1.82) is 0 Å². The summed E-state index contributed by atoms with van der Waals surface area (Å²) in [5, 5.41) is 0.901. The molecule has 0 aliphatic heterocycles. The van der Waals surface area contributed by atoms with Crippen LogP contribution in [0.15, 0.2) is 30.5 Å². The number of aryl methyl sites for hydroxylation is 1. The number of ether oxygens (including phenoxy) is 2. The fourth-order valence-corrected chi connectivity index (χ4v) is 2.58. The van der Waals surface area contributed by atoms with Crippen LogP contribution in [0.2, 0.25) is 0 Å². The van der Waals surface area contributed by atoms with E-state index in [-0.39, 0.29) is 0 Å². The van der Waals surface area contributed by atoms with Gasteiger partial charge in [0.05, 0.1) is 25.4 Å². The minimum Gasteiger partial charge on any atom is -0.493 e. The van der Waals surface area contributed by atoms with Crippen LogP contribution in [0.1, 0.15) is 5.82 Å². The van der Waals surface area contributed by atoms with Crippen LogP contribution in [0.5, 0.6) is 11.5 Å². The van der Waals surface area contributed by atoms with Crippen molar-refractivity contribution in [3.63, 3.8) is 0 Å². The maximum Gasteiger partial charge on any atom is 0.162 e. The van der Waals surface area contributed by atoms with Gasteiger partial charge in [-0.2, -0.15) is 0 Å². The highest BCUT2D eigenvalue weighted by Crippen LogP contribution is 2.35. The van der Waals surface area contributed by atoms with E-state index in [2.05, 4.69) is 15.0 Å². The highest BCUT2D eigenvalue weighted by Gasteiger charge is 2.14. The lowest BCUT2D eigenvalue weighted by Gasteiger charge is -2.13. The lowest BCUT2D eigenvalue weighted by atomic mass is 10.1. The first-order valence-electron chi connectivity index (χ1n) is 7.57. The number of benzene rings is 1. The fraction of sp³-hybridized carbons (Fsp3) is 0.278. The predicted molar refractivity (Wildman–Crippen MR) is 94.9 cm³/mol. The first-order chi connectivity index (χ1) is 11.5. The summed E-state index contributed by atoms with van der Waals surface area (Å²) in [6.45, 7) is 1.88. The Morgan fingerprint density at radius 3 is 2.25 bits per heavy atom. The molecule has 0 unspecified atom stereocenters. The first-order valence-corrected chi connectivity index (χ1v) is 7.57. The van der Waals surface area contributed by atoms with E-state index in [1.54, 1.807) is 14.2 Å². The van der Waals surface area contributed by atoms with Crippen LogP contribution in [0, 0.1) is 6.92 Å². The molecular formula is C18H20N4O2. The van der Waals surface area contributed by atoms with E-state index in [4.69, 9.17) is 9.47 Å². The summed E-state index contributed by atoms with van der Waals surface area (Å²) in [5.74, 6) is 2.89. The van der Waals surface area contributed by atoms with Crippen LogP contribution in [-0.4, -0.2) is 43.3 Å². The van der Waals surface area contributed by atoms with Crippen molar-refractivity contribution in [1.82, 2.24) is 15.0 Å². The first kappa shape index (κ1) is 16.0. The number of hydrogen-bond donors (Lipinski definition) is 0. The van der Waals surface area contributed by atoms with Gasteiger partial charge in [-0.15, -0.1) is 0 Å². The molecule has 0 saturated carbocycles. The van der Waals surface area contributed by atoms with Gasteiger partial charge in [-0.05, 0) is 25.1 Å². The zero-order valence-electron chi connectivity index (χ0n) is 14.5. The third-order valence-electron chi connectivity index (χ3n) is 3.79. The van der Waals surface area contributed by atoms with Gasteiger partial charge in [0.1, 0.15) is 11.6 Å². The molecule has 0 saturated heterocycles. The Kier molecular flexibility index (Phi) is 4.20. The number of anilines is 1. The van der Waals surface area contributed by atoms with Crippen molar-refractivity contribution in [2.75, 3.05) is 33.2 Å². The van der Waals surface area contributed by atoms with Gasteiger partial charge in [0.2, 0.25) is 0 Å². The van der Waals surface area contributed by atoms with Crippen LogP contribution in [0.3, 0.4) is 0 Å². The Bertz CT molecular complexity index is 876. The maximum atomic E-state index is 5.41. The molecule has 0 bridgehead atoms. The van der Waals surface area contributed by atoms with Gasteiger partial charge in [-0.25, -0.2) is 15.0 Å². The van der Waals surface area contributed by atoms with Crippen molar-refractivity contribution in [3.8, 4) is 22.8 Å². The number of pyridine rings is 1. The molecule has 124 valence electrons. The number of nitrogens with zero attached hydrogens (tertiary/aromatic N) is 4. The van der Waals surface area contributed by atoms with E-state index < -0.39 is 0 Å². The van der Waals surface area contributed by atoms with Crippen LogP contribution < -0.4 is 14.4 Å².